The molecule has 0 amide bonds. The third-order valence-electron chi connectivity index (χ3n) is 1.91. The van der Waals surface area contributed by atoms with E-state index in [1.54, 1.807) is 24.3 Å². The van der Waals surface area contributed by atoms with Gasteiger partial charge in [0.05, 0.1) is 12.7 Å². The number of carbonyl (C=O) groups excluding carboxylic acids is 2. The van der Waals surface area contributed by atoms with E-state index >= 15 is 0 Å². The first-order chi connectivity index (χ1) is 7.20. The number of benzene rings is 1. The highest BCUT2D eigenvalue weighted by Gasteiger charge is 2.16. The van der Waals surface area contributed by atoms with Crippen LogP contribution in [0.1, 0.15) is 20.7 Å². The van der Waals surface area contributed by atoms with Gasteiger partial charge in [0.1, 0.15) is 6.61 Å². The standard InChI is InChI=1S/C11H12O4/c1-14-7-10(12)8-5-3-4-6-9(8)11(13)15-2/h3-6H,7H2,1-2H3. The van der Waals surface area contributed by atoms with Gasteiger partial charge >= 0.3 is 5.97 Å². The van der Waals surface area contributed by atoms with Gasteiger partial charge in [-0.3, -0.25) is 4.79 Å². The molecule has 0 heterocycles. The maximum Gasteiger partial charge on any atom is 0.338 e. The van der Waals surface area contributed by atoms with Crippen molar-refractivity contribution in [2.75, 3.05) is 20.8 Å². The monoisotopic (exact) mass is 208 g/mol. The molecule has 0 unspecified atom stereocenters. The van der Waals surface area contributed by atoms with Gasteiger partial charge in [-0.05, 0) is 6.07 Å². The van der Waals surface area contributed by atoms with Crippen molar-refractivity contribution in [3.05, 3.63) is 35.4 Å². The van der Waals surface area contributed by atoms with E-state index in [2.05, 4.69) is 4.74 Å². The number of ether oxygens (including phenoxy) is 2. The Morgan fingerprint density at radius 1 is 1.13 bits per heavy atom. The van der Waals surface area contributed by atoms with Crippen LogP contribution in [0.5, 0.6) is 0 Å². The minimum absolute atomic E-state index is 0.0476. The number of rotatable bonds is 4. The van der Waals surface area contributed by atoms with Crippen LogP contribution in [0.25, 0.3) is 0 Å². The Morgan fingerprint density at radius 2 is 1.73 bits per heavy atom. The van der Waals surface area contributed by atoms with Gasteiger partial charge in [0.15, 0.2) is 5.78 Å². The maximum absolute atomic E-state index is 11.6. The van der Waals surface area contributed by atoms with Crippen LogP contribution in [0, 0.1) is 0 Å². The zero-order valence-electron chi connectivity index (χ0n) is 8.65. The summed E-state index contributed by atoms with van der Waals surface area (Å²) in [7, 11) is 2.71. The van der Waals surface area contributed by atoms with Gasteiger partial charge in [0, 0.05) is 12.7 Å². The Labute approximate surface area is 87.8 Å². The molecule has 80 valence electrons. The van der Waals surface area contributed by atoms with E-state index in [9.17, 15) is 9.59 Å². The van der Waals surface area contributed by atoms with Gasteiger partial charge < -0.3 is 9.47 Å². The van der Waals surface area contributed by atoms with E-state index in [0.717, 1.165) is 0 Å². The largest absolute Gasteiger partial charge is 0.465 e. The van der Waals surface area contributed by atoms with E-state index in [0.29, 0.717) is 5.56 Å². The number of methoxy groups -OCH3 is 2. The summed E-state index contributed by atoms with van der Waals surface area (Å²) >= 11 is 0. The molecular formula is C11H12O4. The summed E-state index contributed by atoms with van der Waals surface area (Å²) in [6.07, 6.45) is 0. The number of ketones is 1. The molecule has 0 aliphatic heterocycles. The second kappa shape index (κ2) is 5.26. The second-order valence-electron chi connectivity index (χ2n) is 2.89. The zero-order chi connectivity index (χ0) is 11.3. The lowest BCUT2D eigenvalue weighted by Crippen LogP contribution is -2.13. The molecule has 0 bridgehead atoms. The lowest BCUT2D eigenvalue weighted by Gasteiger charge is -2.05. The molecule has 0 aromatic heterocycles. The lowest BCUT2D eigenvalue weighted by molar-refractivity contribution is 0.0595. The molecule has 0 saturated carbocycles. The Morgan fingerprint density at radius 3 is 2.27 bits per heavy atom. The zero-order valence-corrected chi connectivity index (χ0v) is 8.65. The predicted molar refractivity (Wildman–Crippen MR) is 54.0 cm³/mol. The molecule has 0 N–H and O–H groups in total. The molecule has 1 aromatic carbocycles. The van der Waals surface area contributed by atoms with Gasteiger partial charge in [0.25, 0.3) is 0 Å². The first kappa shape index (κ1) is 11.4. The van der Waals surface area contributed by atoms with Crippen molar-refractivity contribution in [3.63, 3.8) is 0 Å². The van der Waals surface area contributed by atoms with Gasteiger partial charge in [-0.25, -0.2) is 4.79 Å². The highest BCUT2D eigenvalue weighted by Crippen LogP contribution is 2.10. The SMILES string of the molecule is COCC(=O)c1ccccc1C(=O)OC. The van der Waals surface area contributed by atoms with E-state index in [4.69, 9.17) is 4.74 Å². The summed E-state index contributed by atoms with van der Waals surface area (Å²) in [4.78, 5) is 22.9. The molecular weight excluding hydrogens is 196 g/mol. The van der Waals surface area contributed by atoms with E-state index < -0.39 is 5.97 Å². The van der Waals surface area contributed by atoms with Crippen molar-refractivity contribution in [3.8, 4) is 0 Å². The summed E-state index contributed by atoms with van der Waals surface area (Å²) in [5, 5.41) is 0. The first-order valence-corrected chi connectivity index (χ1v) is 4.40. The summed E-state index contributed by atoms with van der Waals surface area (Å²) in [5.74, 6) is -0.756. The minimum atomic E-state index is -0.518. The van der Waals surface area contributed by atoms with Crippen LogP contribution < -0.4 is 0 Å². The van der Waals surface area contributed by atoms with Crippen molar-refractivity contribution in [1.82, 2.24) is 0 Å². The minimum Gasteiger partial charge on any atom is -0.465 e. The van der Waals surface area contributed by atoms with Crippen molar-refractivity contribution in [1.29, 1.82) is 0 Å². The molecule has 0 aliphatic carbocycles. The Balaban J connectivity index is 3.06. The third-order valence-corrected chi connectivity index (χ3v) is 1.91. The van der Waals surface area contributed by atoms with E-state index in [1.165, 1.54) is 14.2 Å². The summed E-state index contributed by atoms with van der Waals surface area (Å²) < 4.78 is 9.30. The molecule has 0 fully saturated rings. The van der Waals surface area contributed by atoms with Crippen molar-refractivity contribution >= 4 is 11.8 Å². The fraction of sp³-hybridized carbons (Fsp3) is 0.273. The van der Waals surface area contributed by atoms with E-state index in [-0.39, 0.29) is 18.0 Å². The van der Waals surface area contributed by atoms with Gasteiger partial charge in [-0.2, -0.15) is 0 Å². The number of hydrogen-bond acceptors (Lipinski definition) is 4. The van der Waals surface area contributed by atoms with Crippen LogP contribution >= 0.6 is 0 Å². The molecule has 0 aliphatic rings. The topological polar surface area (TPSA) is 52.6 Å². The average molecular weight is 208 g/mol. The molecule has 1 aromatic rings. The molecule has 4 nitrogen and oxygen atoms in total. The Kier molecular flexibility index (Phi) is 4.00. The van der Waals surface area contributed by atoms with Crippen LogP contribution in [-0.2, 0) is 9.47 Å². The second-order valence-corrected chi connectivity index (χ2v) is 2.89. The van der Waals surface area contributed by atoms with Crippen LogP contribution in [0.4, 0.5) is 0 Å². The van der Waals surface area contributed by atoms with Crippen molar-refractivity contribution < 1.29 is 19.1 Å². The van der Waals surface area contributed by atoms with Gasteiger partial charge in [-0.1, -0.05) is 18.2 Å². The normalized spacial score (nSPS) is 9.73. The molecule has 0 radical (unpaired) electrons. The average Bonchev–Trinajstić information content (AvgIpc) is 2.28. The van der Waals surface area contributed by atoms with Crippen LogP contribution in [-0.4, -0.2) is 32.6 Å². The van der Waals surface area contributed by atoms with Crippen molar-refractivity contribution in [2.24, 2.45) is 0 Å². The first-order valence-electron chi connectivity index (χ1n) is 4.40. The Hall–Kier alpha value is -1.68. The van der Waals surface area contributed by atoms with Crippen LogP contribution in [0.3, 0.4) is 0 Å². The van der Waals surface area contributed by atoms with Crippen molar-refractivity contribution in [2.45, 2.75) is 0 Å². The molecule has 0 saturated heterocycles. The van der Waals surface area contributed by atoms with Gasteiger partial charge in [-0.15, -0.1) is 0 Å². The third kappa shape index (κ3) is 2.63. The highest BCUT2D eigenvalue weighted by molar-refractivity contribution is 6.06. The number of Topliss-reactive ketones (excluding diaryl/α,β-unsaturated/α-hetero) is 1. The summed E-state index contributed by atoms with van der Waals surface area (Å²) in [6.45, 7) is -0.0476. The smallest absolute Gasteiger partial charge is 0.338 e. The molecule has 0 spiro atoms. The van der Waals surface area contributed by atoms with Crippen LogP contribution in [0.2, 0.25) is 0 Å². The number of esters is 1. The van der Waals surface area contributed by atoms with Crippen LogP contribution in [0.15, 0.2) is 24.3 Å². The maximum atomic E-state index is 11.6. The lowest BCUT2D eigenvalue weighted by atomic mass is 10.0. The van der Waals surface area contributed by atoms with Gasteiger partial charge in [0.2, 0.25) is 0 Å². The van der Waals surface area contributed by atoms with E-state index in [1.807, 2.05) is 0 Å². The molecule has 1 rings (SSSR count). The molecule has 15 heavy (non-hydrogen) atoms. The quantitative estimate of drug-likeness (QED) is 0.553. The highest BCUT2D eigenvalue weighted by atomic mass is 16.5. The summed E-state index contributed by atoms with van der Waals surface area (Å²) in [6, 6.07) is 6.49. The number of carbonyl (C=O) groups is 2. The fourth-order valence-corrected chi connectivity index (χ4v) is 1.22. The molecule has 0 atom stereocenters. The fourth-order valence-electron chi connectivity index (χ4n) is 1.22. The predicted octanol–water partition coefficient (Wildman–Crippen LogP) is 1.30. The molecule has 4 heteroatoms. The Bertz CT molecular complexity index is 371. The number of hydrogen-bond donors (Lipinski definition) is 0. The summed E-state index contributed by atoms with van der Waals surface area (Å²) in [5.41, 5.74) is 0.591.